The van der Waals surface area contributed by atoms with Crippen LogP contribution >= 0.6 is 0 Å². The molecular formula is C23H35N5O3S. The molecule has 9 heteroatoms. The van der Waals surface area contributed by atoms with Crippen LogP contribution in [0, 0.1) is 5.92 Å². The Labute approximate surface area is 191 Å². The summed E-state index contributed by atoms with van der Waals surface area (Å²) in [6.45, 7) is 6.77. The summed E-state index contributed by atoms with van der Waals surface area (Å²) in [6, 6.07) is 5.18. The first-order valence-corrected chi connectivity index (χ1v) is 13.2. The Balaban J connectivity index is 1.45. The molecule has 2 heterocycles. The van der Waals surface area contributed by atoms with Crippen molar-refractivity contribution in [2.45, 2.75) is 57.0 Å². The Morgan fingerprint density at radius 1 is 1.09 bits per heavy atom. The maximum atomic E-state index is 12.8. The maximum absolute atomic E-state index is 12.8. The van der Waals surface area contributed by atoms with Gasteiger partial charge in [0.2, 0.25) is 15.9 Å². The van der Waals surface area contributed by atoms with Gasteiger partial charge >= 0.3 is 0 Å². The molecule has 2 aliphatic rings. The van der Waals surface area contributed by atoms with E-state index in [1.165, 1.54) is 37.7 Å². The van der Waals surface area contributed by atoms with Crippen LogP contribution in [-0.4, -0.2) is 78.3 Å². The Bertz CT molecular complexity index is 1060. The van der Waals surface area contributed by atoms with Gasteiger partial charge in [-0.15, -0.1) is 0 Å². The second-order valence-corrected chi connectivity index (χ2v) is 11.3. The zero-order chi connectivity index (χ0) is 22.9. The van der Waals surface area contributed by atoms with Crippen LogP contribution in [0.1, 0.15) is 44.9 Å². The predicted octanol–water partition coefficient (Wildman–Crippen LogP) is 2.53. The molecule has 0 bridgehead atoms. The SMILES string of the molecule is CCn1c(CN2CCN(C(=O)C3CCCCC3)CC2)nc2cc(S(=O)(=O)N(C)C)ccc21. The minimum absolute atomic E-state index is 0.229. The number of hydrogen-bond donors (Lipinski definition) is 0. The Morgan fingerprint density at radius 2 is 1.78 bits per heavy atom. The zero-order valence-electron chi connectivity index (χ0n) is 19.5. The molecule has 8 nitrogen and oxygen atoms in total. The fraction of sp³-hybridized carbons (Fsp3) is 0.652. The van der Waals surface area contributed by atoms with Gasteiger partial charge in [-0.3, -0.25) is 9.69 Å². The highest BCUT2D eigenvalue weighted by Crippen LogP contribution is 2.26. The molecule has 1 saturated heterocycles. The van der Waals surface area contributed by atoms with Crippen molar-refractivity contribution in [1.82, 2.24) is 23.7 Å². The average molecular weight is 462 g/mol. The van der Waals surface area contributed by atoms with E-state index in [4.69, 9.17) is 4.98 Å². The lowest BCUT2D eigenvalue weighted by molar-refractivity contribution is -0.138. The quantitative estimate of drug-likeness (QED) is 0.661. The second-order valence-electron chi connectivity index (χ2n) is 9.15. The standard InChI is InChI=1S/C23H35N5O3S/c1-4-28-21-11-10-19(32(30,31)25(2)3)16-20(21)24-22(28)17-26-12-14-27(15-13-26)23(29)18-8-6-5-7-9-18/h10-11,16,18H,4-9,12-15,17H2,1-3H3. The lowest BCUT2D eigenvalue weighted by Gasteiger charge is -2.37. The van der Waals surface area contributed by atoms with Crippen LogP contribution in [0.25, 0.3) is 11.0 Å². The Morgan fingerprint density at radius 3 is 2.41 bits per heavy atom. The number of benzene rings is 1. The maximum Gasteiger partial charge on any atom is 0.242 e. The van der Waals surface area contributed by atoms with Gasteiger partial charge < -0.3 is 9.47 Å². The van der Waals surface area contributed by atoms with Crippen LogP contribution in [0.3, 0.4) is 0 Å². The molecule has 2 aromatic rings. The summed E-state index contributed by atoms with van der Waals surface area (Å²) in [5, 5.41) is 0. The Kier molecular flexibility index (Phi) is 6.88. The van der Waals surface area contributed by atoms with Gasteiger partial charge in [0.15, 0.2) is 0 Å². The topological polar surface area (TPSA) is 78.8 Å². The smallest absolute Gasteiger partial charge is 0.242 e. The summed E-state index contributed by atoms with van der Waals surface area (Å²) in [5.41, 5.74) is 1.65. The zero-order valence-corrected chi connectivity index (χ0v) is 20.3. The van der Waals surface area contributed by atoms with Crippen LogP contribution in [0.5, 0.6) is 0 Å². The number of carbonyl (C=O) groups is 1. The van der Waals surface area contributed by atoms with Crippen molar-refractivity contribution in [3.8, 4) is 0 Å². The molecule has 1 amide bonds. The van der Waals surface area contributed by atoms with Gasteiger partial charge in [-0.05, 0) is 38.0 Å². The number of sulfonamides is 1. The van der Waals surface area contributed by atoms with Gasteiger partial charge in [0, 0.05) is 52.7 Å². The first kappa shape index (κ1) is 23.2. The van der Waals surface area contributed by atoms with E-state index in [1.807, 2.05) is 11.0 Å². The number of imidazole rings is 1. The number of nitrogens with zero attached hydrogens (tertiary/aromatic N) is 5. The van der Waals surface area contributed by atoms with E-state index in [9.17, 15) is 13.2 Å². The molecule has 176 valence electrons. The minimum atomic E-state index is -3.49. The molecule has 1 aliphatic heterocycles. The summed E-state index contributed by atoms with van der Waals surface area (Å²) < 4.78 is 28.4. The lowest BCUT2D eigenvalue weighted by atomic mass is 9.88. The van der Waals surface area contributed by atoms with Crippen LogP contribution in [0.15, 0.2) is 23.1 Å². The summed E-state index contributed by atoms with van der Waals surface area (Å²) >= 11 is 0. The molecule has 0 unspecified atom stereocenters. The molecule has 2 fully saturated rings. The van der Waals surface area contributed by atoms with Crippen molar-refractivity contribution in [3.63, 3.8) is 0 Å². The van der Waals surface area contributed by atoms with Crippen molar-refractivity contribution in [2.24, 2.45) is 5.92 Å². The third-order valence-electron chi connectivity index (χ3n) is 6.90. The van der Waals surface area contributed by atoms with Crippen molar-refractivity contribution in [1.29, 1.82) is 0 Å². The number of piperazine rings is 1. The molecule has 1 saturated carbocycles. The monoisotopic (exact) mass is 461 g/mol. The molecule has 0 radical (unpaired) electrons. The third kappa shape index (κ3) is 4.56. The number of hydrogen-bond acceptors (Lipinski definition) is 5. The summed E-state index contributed by atoms with van der Waals surface area (Å²) in [7, 11) is -0.421. The summed E-state index contributed by atoms with van der Waals surface area (Å²) in [4.78, 5) is 22.3. The number of rotatable bonds is 6. The highest BCUT2D eigenvalue weighted by Gasteiger charge is 2.29. The van der Waals surface area contributed by atoms with Crippen molar-refractivity contribution in [3.05, 3.63) is 24.0 Å². The molecule has 32 heavy (non-hydrogen) atoms. The largest absolute Gasteiger partial charge is 0.340 e. The molecule has 1 aromatic heterocycles. The van der Waals surface area contributed by atoms with Crippen LogP contribution < -0.4 is 0 Å². The second kappa shape index (κ2) is 9.49. The minimum Gasteiger partial charge on any atom is -0.340 e. The van der Waals surface area contributed by atoms with Crippen molar-refractivity contribution in [2.75, 3.05) is 40.3 Å². The fourth-order valence-corrected chi connectivity index (χ4v) is 5.86. The van der Waals surface area contributed by atoms with Gasteiger partial charge in [-0.2, -0.15) is 0 Å². The van der Waals surface area contributed by atoms with Gasteiger partial charge in [-0.1, -0.05) is 19.3 Å². The third-order valence-corrected chi connectivity index (χ3v) is 8.71. The molecule has 1 aromatic carbocycles. The molecule has 0 N–H and O–H groups in total. The number of aryl methyl sites for hydroxylation is 1. The van der Waals surface area contributed by atoms with Gasteiger partial charge in [0.05, 0.1) is 22.5 Å². The highest BCUT2D eigenvalue weighted by atomic mass is 32.2. The number of amides is 1. The molecule has 0 atom stereocenters. The number of carbonyl (C=O) groups excluding carboxylic acids is 1. The van der Waals surface area contributed by atoms with Gasteiger partial charge in [0.25, 0.3) is 0 Å². The van der Waals surface area contributed by atoms with E-state index in [-0.39, 0.29) is 10.8 Å². The lowest BCUT2D eigenvalue weighted by Crippen LogP contribution is -2.50. The molecule has 4 rings (SSSR count). The van der Waals surface area contributed by atoms with E-state index in [0.29, 0.717) is 18.0 Å². The van der Waals surface area contributed by atoms with E-state index < -0.39 is 10.0 Å². The summed E-state index contributed by atoms with van der Waals surface area (Å²) in [6.07, 6.45) is 5.72. The van der Waals surface area contributed by atoms with E-state index in [1.54, 1.807) is 12.1 Å². The Hall–Kier alpha value is -1.97. The van der Waals surface area contributed by atoms with Crippen LogP contribution in [0.2, 0.25) is 0 Å². The predicted molar refractivity (Wildman–Crippen MR) is 125 cm³/mol. The average Bonchev–Trinajstić information content (AvgIpc) is 3.15. The van der Waals surface area contributed by atoms with E-state index in [0.717, 1.165) is 56.9 Å². The van der Waals surface area contributed by atoms with Crippen LogP contribution in [0.4, 0.5) is 0 Å². The van der Waals surface area contributed by atoms with E-state index >= 15 is 0 Å². The molecule has 0 spiro atoms. The van der Waals surface area contributed by atoms with E-state index in [2.05, 4.69) is 16.4 Å². The normalized spacial score (nSPS) is 19.2. The highest BCUT2D eigenvalue weighted by molar-refractivity contribution is 7.89. The van der Waals surface area contributed by atoms with Gasteiger partial charge in [0.1, 0.15) is 5.82 Å². The first-order valence-electron chi connectivity index (χ1n) is 11.7. The molecule has 1 aliphatic carbocycles. The fourth-order valence-electron chi connectivity index (χ4n) is 4.94. The number of fused-ring (bicyclic) bond motifs is 1. The first-order chi connectivity index (χ1) is 15.3. The number of aromatic nitrogens is 2. The molecular weight excluding hydrogens is 426 g/mol. The van der Waals surface area contributed by atoms with Crippen LogP contribution in [-0.2, 0) is 27.9 Å². The summed E-state index contributed by atoms with van der Waals surface area (Å²) in [5.74, 6) is 1.51. The van der Waals surface area contributed by atoms with Crippen molar-refractivity contribution >= 4 is 27.0 Å². The van der Waals surface area contributed by atoms with Crippen molar-refractivity contribution < 1.29 is 13.2 Å². The van der Waals surface area contributed by atoms with Gasteiger partial charge in [-0.25, -0.2) is 17.7 Å².